The molecule has 0 radical (unpaired) electrons. The quantitative estimate of drug-likeness (QED) is 0.560. The maximum Gasteiger partial charge on any atom is 0.343 e. The van der Waals surface area contributed by atoms with Gasteiger partial charge in [0.1, 0.15) is 0 Å². The van der Waals surface area contributed by atoms with Crippen LogP contribution in [0.15, 0.2) is 43.0 Å². The molecule has 0 heterocycles. The molecule has 1 aromatic rings. The fraction of sp³-hybridized carbons (Fsp3) is 0.357. The predicted octanol–water partition coefficient (Wildman–Crippen LogP) is 2.67. The Morgan fingerprint density at radius 1 is 1.41 bits per heavy atom. The zero-order chi connectivity index (χ0) is 12.7. The number of hydrogen-bond acceptors (Lipinski definition) is 3. The topological polar surface area (TPSA) is 35.5 Å². The second kappa shape index (κ2) is 6.21. The van der Waals surface area contributed by atoms with Crippen LogP contribution >= 0.6 is 0 Å². The Bertz CT molecular complexity index is 372. The Kier molecular flexibility index (Phi) is 4.91. The summed E-state index contributed by atoms with van der Waals surface area (Å²) in [5.41, 5.74) is -0.291. The molecule has 1 atom stereocenters. The third-order valence-electron chi connectivity index (χ3n) is 2.58. The number of esters is 1. The third-order valence-corrected chi connectivity index (χ3v) is 2.58. The largest absolute Gasteiger partial charge is 0.467 e. The molecule has 0 N–H and O–H groups in total. The standard InChI is InChI=1S/C14H18O3/c1-4-11-14(17-5-2,13(15)16-3)12-9-7-6-8-10-12/h4,6-10H,1,5,11H2,2-3H3. The van der Waals surface area contributed by atoms with Gasteiger partial charge in [0.25, 0.3) is 0 Å². The van der Waals surface area contributed by atoms with Gasteiger partial charge in [-0.3, -0.25) is 0 Å². The Morgan fingerprint density at radius 2 is 2.06 bits per heavy atom. The number of ether oxygens (including phenoxy) is 2. The first kappa shape index (κ1) is 13.5. The van der Waals surface area contributed by atoms with Crippen molar-refractivity contribution in [3.05, 3.63) is 48.6 Å². The van der Waals surface area contributed by atoms with Crippen LogP contribution in [-0.4, -0.2) is 19.7 Å². The van der Waals surface area contributed by atoms with Gasteiger partial charge in [0.2, 0.25) is 0 Å². The van der Waals surface area contributed by atoms with Gasteiger partial charge < -0.3 is 9.47 Å². The summed E-state index contributed by atoms with van der Waals surface area (Å²) in [6, 6.07) is 9.35. The first-order valence-corrected chi connectivity index (χ1v) is 5.60. The molecular formula is C14H18O3. The minimum Gasteiger partial charge on any atom is -0.467 e. The molecule has 92 valence electrons. The average Bonchev–Trinajstić information content (AvgIpc) is 2.38. The molecule has 0 spiro atoms. The number of rotatable bonds is 6. The number of carbonyl (C=O) groups is 1. The highest BCUT2D eigenvalue weighted by molar-refractivity contribution is 5.81. The van der Waals surface area contributed by atoms with Gasteiger partial charge in [0.05, 0.1) is 7.11 Å². The fourth-order valence-corrected chi connectivity index (χ4v) is 1.84. The number of hydrogen-bond donors (Lipinski definition) is 0. The minimum absolute atomic E-state index is 0.386. The lowest BCUT2D eigenvalue weighted by Crippen LogP contribution is -2.39. The van der Waals surface area contributed by atoms with Gasteiger partial charge in [-0.15, -0.1) is 6.58 Å². The summed E-state index contributed by atoms with van der Waals surface area (Å²) >= 11 is 0. The molecule has 1 rings (SSSR count). The van der Waals surface area contributed by atoms with E-state index in [0.29, 0.717) is 13.0 Å². The molecule has 0 saturated heterocycles. The maximum atomic E-state index is 12.0. The van der Waals surface area contributed by atoms with Crippen molar-refractivity contribution >= 4 is 5.97 Å². The Hall–Kier alpha value is -1.61. The summed E-state index contributed by atoms with van der Waals surface area (Å²) in [5, 5.41) is 0. The number of benzene rings is 1. The summed E-state index contributed by atoms with van der Waals surface area (Å²) < 4.78 is 10.5. The molecule has 0 aromatic heterocycles. The van der Waals surface area contributed by atoms with Gasteiger partial charge in [0.15, 0.2) is 5.60 Å². The maximum absolute atomic E-state index is 12.0. The van der Waals surface area contributed by atoms with E-state index in [-0.39, 0.29) is 0 Å². The Morgan fingerprint density at radius 3 is 2.53 bits per heavy atom. The lowest BCUT2D eigenvalue weighted by Gasteiger charge is -2.30. The highest BCUT2D eigenvalue weighted by Crippen LogP contribution is 2.31. The Balaban J connectivity index is 3.23. The molecule has 0 fully saturated rings. The fourth-order valence-electron chi connectivity index (χ4n) is 1.84. The van der Waals surface area contributed by atoms with Crippen LogP contribution in [0.25, 0.3) is 0 Å². The molecule has 0 bridgehead atoms. The molecule has 1 aromatic carbocycles. The van der Waals surface area contributed by atoms with Crippen molar-refractivity contribution < 1.29 is 14.3 Å². The average molecular weight is 234 g/mol. The summed E-state index contributed by atoms with van der Waals surface area (Å²) in [7, 11) is 1.36. The normalized spacial score (nSPS) is 13.8. The summed E-state index contributed by atoms with van der Waals surface area (Å²) in [5.74, 6) is -0.398. The van der Waals surface area contributed by atoms with Crippen LogP contribution in [0.4, 0.5) is 0 Å². The van der Waals surface area contributed by atoms with E-state index in [2.05, 4.69) is 6.58 Å². The molecule has 0 amide bonds. The van der Waals surface area contributed by atoms with Crippen molar-refractivity contribution in [2.24, 2.45) is 0 Å². The highest BCUT2D eigenvalue weighted by atomic mass is 16.6. The zero-order valence-electron chi connectivity index (χ0n) is 10.3. The molecule has 0 saturated carbocycles. The van der Waals surface area contributed by atoms with E-state index in [1.54, 1.807) is 6.08 Å². The molecule has 0 aliphatic rings. The monoisotopic (exact) mass is 234 g/mol. The zero-order valence-corrected chi connectivity index (χ0v) is 10.3. The van der Waals surface area contributed by atoms with Crippen molar-refractivity contribution in [2.45, 2.75) is 18.9 Å². The van der Waals surface area contributed by atoms with Gasteiger partial charge >= 0.3 is 5.97 Å². The molecular weight excluding hydrogens is 216 g/mol. The molecule has 3 heteroatoms. The molecule has 0 aliphatic carbocycles. The number of methoxy groups -OCH3 is 1. The first-order chi connectivity index (χ1) is 8.21. The summed E-state index contributed by atoms with van der Waals surface area (Å²) in [4.78, 5) is 12.0. The Labute approximate surface area is 102 Å². The molecule has 17 heavy (non-hydrogen) atoms. The van der Waals surface area contributed by atoms with E-state index >= 15 is 0 Å². The predicted molar refractivity (Wildman–Crippen MR) is 66.6 cm³/mol. The van der Waals surface area contributed by atoms with Crippen LogP contribution in [0.5, 0.6) is 0 Å². The molecule has 3 nitrogen and oxygen atoms in total. The second-order valence-corrected chi connectivity index (χ2v) is 3.61. The van der Waals surface area contributed by atoms with E-state index in [4.69, 9.17) is 9.47 Å². The van der Waals surface area contributed by atoms with Crippen LogP contribution < -0.4 is 0 Å². The first-order valence-electron chi connectivity index (χ1n) is 5.60. The lowest BCUT2D eigenvalue weighted by atomic mass is 9.90. The second-order valence-electron chi connectivity index (χ2n) is 3.61. The van der Waals surface area contributed by atoms with Gasteiger partial charge in [-0.25, -0.2) is 4.79 Å². The highest BCUT2D eigenvalue weighted by Gasteiger charge is 2.41. The van der Waals surface area contributed by atoms with E-state index in [1.165, 1.54) is 7.11 Å². The minimum atomic E-state index is -1.08. The lowest BCUT2D eigenvalue weighted by molar-refractivity contribution is -0.170. The third kappa shape index (κ3) is 2.74. The molecule has 0 aliphatic heterocycles. The van der Waals surface area contributed by atoms with E-state index < -0.39 is 11.6 Å². The van der Waals surface area contributed by atoms with Crippen molar-refractivity contribution in [2.75, 3.05) is 13.7 Å². The van der Waals surface area contributed by atoms with Crippen molar-refractivity contribution in [3.8, 4) is 0 Å². The summed E-state index contributed by atoms with van der Waals surface area (Å²) in [6.45, 7) is 5.96. The van der Waals surface area contributed by atoms with E-state index in [9.17, 15) is 4.79 Å². The molecule has 1 unspecified atom stereocenters. The van der Waals surface area contributed by atoms with Crippen LogP contribution in [0.3, 0.4) is 0 Å². The van der Waals surface area contributed by atoms with Gasteiger partial charge in [-0.05, 0) is 12.5 Å². The smallest absolute Gasteiger partial charge is 0.343 e. The van der Waals surface area contributed by atoms with E-state index in [1.807, 2.05) is 37.3 Å². The van der Waals surface area contributed by atoms with Crippen LogP contribution in [0.1, 0.15) is 18.9 Å². The SMILES string of the molecule is C=CCC(OCC)(C(=O)OC)c1ccccc1. The van der Waals surface area contributed by atoms with Crippen LogP contribution in [0.2, 0.25) is 0 Å². The van der Waals surface area contributed by atoms with Crippen molar-refractivity contribution in [1.82, 2.24) is 0 Å². The van der Waals surface area contributed by atoms with Gasteiger partial charge in [-0.1, -0.05) is 36.4 Å². The number of carbonyl (C=O) groups excluding carboxylic acids is 1. The van der Waals surface area contributed by atoms with Gasteiger partial charge in [0, 0.05) is 13.0 Å². The van der Waals surface area contributed by atoms with Crippen molar-refractivity contribution in [1.29, 1.82) is 0 Å². The van der Waals surface area contributed by atoms with Crippen molar-refractivity contribution in [3.63, 3.8) is 0 Å². The van der Waals surface area contributed by atoms with E-state index in [0.717, 1.165) is 5.56 Å². The van der Waals surface area contributed by atoms with Crippen LogP contribution in [-0.2, 0) is 19.9 Å². The van der Waals surface area contributed by atoms with Crippen LogP contribution in [0, 0.1) is 0 Å². The summed E-state index contributed by atoms with van der Waals surface area (Å²) in [6.07, 6.45) is 2.05. The van der Waals surface area contributed by atoms with Gasteiger partial charge in [-0.2, -0.15) is 0 Å².